The van der Waals surface area contributed by atoms with E-state index in [2.05, 4.69) is 15.3 Å². The van der Waals surface area contributed by atoms with Crippen LogP contribution in [0.3, 0.4) is 0 Å². The number of benzene rings is 1. The Morgan fingerprint density at radius 2 is 1.94 bits per heavy atom. The number of nitrogens with zero attached hydrogens (tertiary/aromatic N) is 2. The Balaban J connectivity index is 1.84. The van der Waals surface area contributed by atoms with E-state index in [-0.39, 0.29) is 40.5 Å². The molecule has 2 aromatic rings. The first-order chi connectivity index (χ1) is 15.6. The standard InChI is InChI=1S/C22H16F3N3O4S/c1-11-12(8-20(29)30)21-16(27-11)6-5-13(23)22(21)33(31,32)18-10-14(24)17(9-15(18)25)28-19-4-2-3-7-26-19/h2-5,7,9-10H,6,8H2,1H3,(H,26,28)(H,29,30). The van der Waals surface area contributed by atoms with Crippen molar-refractivity contribution in [2.24, 2.45) is 4.99 Å². The van der Waals surface area contributed by atoms with Gasteiger partial charge in [-0.3, -0.25) is 9.79 Å². The van der Waals surface area contributed by atoms with E-state index >= 15 is 0 Å². The summed E-state index contributed by atoms with van der Waals surface area (Å²) >= 11 is 0. The number of hydrogen-bond acceptors (Lipinski definition) is 6. The number of carbonyl (C=O) groups is 1. The zero-order chi connectivity index (χ0) is 23.9. The number of anilines is 2. The number of carboxylic acid groups (broad SMARTS) is 1. The van der Waals surface area contributed by atoms with Crippen LogP contribution in [0.25, 0.3) is 0 Å². The lowest BCUT2D eigenvalue weighted by atomic mass is 9.94. The first kappa shape index (κ1) is 22.5. The summed E-state index contributed by atoms with van der Waals surface area (Å²) in [5, 5.41) is 11.7. The number of aliphatic carboxylic acids is 1. The third-order valence-electron chi connectivity index (χ3n) is 5.08. The van der Waals surface area contributed by atoms with E-state index in [0.717, 1.165) is 6.08 Å². The summed E-state index contributed by atoms with van der Waals surface area (Å²) in [6.45, 7) is 1.47. The van der Waals surface area contributed by atoms with Crippen molar-refractivity contribution in [3.8, 4) is 0 Å². The quantitative estimate of drug-likeness (QED) is 0.633. The van der Waals surface area contributed by atoms with Crippen molar-refractivity contribution in [1.82, 2.24) is 4.98 Å². The van der Waals surface area contributed by atoms with E-state index in [9.17, 15) is 31.5 Å². The first-order valence-electron chi connectivity index (χ1n) is 9.62. The van der Waals surface area contributed by atoms with Gasteiger partial charge in [0.1, 0.15) is 33.1 Å². The minimum Gasteiger partial charge on any atom is -0.481 e. The van der Waals surface area contributed by atoms with Gasteiger partial charge in [0.2, 0.25) is 9.84 Å². The molecule has 2 heterocycles. The fourth-order valence-corrected chi connectivity index (χ4v) is 5.28. The van der Waals surface area contributed by atoms with Crippen molar-refractivity contribution >= 4 is 33.0 Å². The van der Waals surface area contributed by atoms with E-state index in [1.165, 1.54) is 19.2 Å². The van der Waals surface area contributed by atoms with Crippen molar-refractivity contribution in [3.63, 3.8) is 0 Å². The number of nitrogens with one attached hydrogen (secondary N) is 1. The van der Waals surface area contributed by atoms with Crippen LogP contribution >= 0.6 is 0 Å². The normalized spacial score (nSPS) is 15.9. The molecule has 170 valence electrons. The van der Waals surface area contributed by atoms with Gasteiger partial charge in [0.25, 0.3) is 0 Å². The predicted octanol–water partition coefficient (Wildman–Crippen LogP) is 4.59. The number of carboxylic acids is 1. The third-order valence-corrected chi connectivity index (χ3v) is 6.91. The van der Waals surface area contributed by atoms with Crippen molar-refractivity contribution in [2.45, 2.75) is 24.7 Å². The third kappa shape index (κ3) is 4.07. The Labute approximate surface area is 186 Å². The highest BCUT2D eigenvalue weighted by Crippen LogP contribution is 2.42. The molecular formula is C22H16F3N3O4S. The van der Waals surface area contributed by atoms with Crippen LogP contribution in [0.1, 0.15) is 19.8 Å². The second kappa shape index (κ2) is 8.32. The average molecular weight is 475 g/mol. The molecule has 0 saturated carbocycles. The Morgan fingerprint density at radius 3 is 2.61 bits per heavy atom. The molecule has 2 N–H and O–H groups in total. The van der Waals surface area contributed by atoms with Gasteiger partial charge >= 0.3 is 5.97 Å². The van der Waals surface area contributed by atoms with Crippen LogP contribution in [0, 0.1) is 11.6 Å². The first-order valence-corrected chi connectivity index (χ1v) is 11.1. The lowest BCUT2D eigenvalue weighted by molar-refractivity contribution is -0.136. The zero-order valence-corrected chi connectivity index (χ0v) is 17.9. The summed E-state index contributed by atoms with van der Waals surface area (Å²) in [7, 11) is -4.93. The monoisotopic (exact) mass is 475 g/mol. The zero-order valence-electron chi connectivity index (χ0n) is 17.1. The maximum Gasteiger partial charge on any atom is 0.307 e. The van der Waals surface area contributed by atoms with Crippen LogP contribution in [-0.4, -0.2) is 30.2 Å². The Kier molecular flexibility index (Phi) is 5.66. The summed E-state index contributed by atoms with van der Waals surface area (Å²) in [6.07, 6.45) is 1.71. The predicted molar refractivity (Wildman–Crippen MR) is 114 cm³/mol. The van der Waals surface area contributed by atoms with Gasteiger partial charge in [-0.2, -0.15) is 0 Å². The molecule has 1 aliphatic heterocycles. The number of hydrogen-bond donors (Lipinski definition) is 2. The minimum atomic E-state index is -4.93. The van der Waals surface area contributed by atoms with Crippen LogP contribution in [0.2, 0.25) is 0 Å². The molecule has 0 atom stereocenters. The molecule has 11 heteroatoms. The van der Waals surface area contributed by atoms with Crippen LogP contribution in [0.15, 0.2) is 80.1 Å². The molecule has 0 unspecified atom stereocenters. The average Bonchev–Trinajstić information content (AvgIpc) is 3.05. The van der Waals surface area contributed by atoms with E-state index in [1.54, 1.807) is 12.1 Å². The molecule has 1 aromatic carbocycles. The Hall–Kier alpha value is -3.73. The van der Waals surface area contributed by atoms with Gasteiger partial charge in [-0.15, -0.1) is 0 Å². The molecule has 2 aliphatic rings. The fraction of sp³-hybridized carbons (Fsp3) is 0.136. The highest BCUT2D eigenvalue weighted by molar-refractivity contribution is 7.95. The van der Waals surface area contributed by atoms with E-state index < -0.39 is 49.5 Å². The van der Waals surface area contributed by atoms with Gasteiger partial charge in [-0.25, -0.2) is 26.6 Å². The number of allylic oxidation sites excluding steroid dienone is 4. The van der Waals surface area contributed by atoms with E-state index in [1.807, 2.05) is 0 Å². The molecule has 0 bridgehead atoms. The molecular weight excluding hydrogens is 459 g/mol. The maximum atomic E-state index is 14.9. The van der Waals surface area contributed by atoms with Crippen molar-refractivity contribution in [3.05, 3.63) is 81.8 Å². The number of rotatable bonds is 6. The minimum absolute atomic E-state index is 0.00800. The summed E-state index contributed by atoms with van der Waals surface area (Å²) in [4.78, 5) is 17.3. The second-order valence-electron chi connectivity index (χ2n) is 7.26. The topological polar surface area (TPSA) is 109 Å². The Morgan fingerprint density at radius 1 is 1.18 bits per heavy atom. The highest BCUT2D eigenvalue weighted by atomic mass is 32.2. The number of aromatic nitrogens is 1. The molecule has 0 fully saturated rings. The molecule has 1 aromatic heterocycles. The summed E-state index contributed by atoms with van der Waals surface area (Å²) in [5.74, 6) is -4.69. The lowest BCUT2D eigenvalue weighted by Gasteiger charge is -2.19. The number of sulfone groups is 1. The van der Waals surface area contributed by atoms with Gasteiger partial charge in [0, 0.05) is 30.0 Å². The van der Waals surface area contributed by atoms with Crippen molar-refractivity contribution < 1.29 is 31.5 Å². The maximum absolute atomic E-state index is 14.9. The molecule has 7 nitrogen and oxygen atoms in total. The molecule has 33 heavy (non-hydrogen) atoms. The van der Waals surface area contributed by atoms with Crippen LogP contribution < -0.4 is 5.32 Å². The number of aliphatic imine (C=N–C) groups is 1. The second-order valence-corrected chi connectivity index (χ2v) is 9.11. The summed E-state index contributed by atoms with van der Waals surface area (Å²) < 4.78 is 71.2. The SMILES string of the molecule is CC1=C(CC(=O)O)C2=C(S(=O)(=O)c3cc(F)c(Nc4ccccn4)cc3F)C(F)=CCC2=N1. The fourth-order valence-electron chi connectivity index (χ4n) is 3.64. The van der Waals surface area contributed by atoms with Crippen LogP contribution in [-0.2, 0) is 14.6 Å². The van der Waals surface area contributed by atoms with Gasteiger partial charge in [-0.1, -0.05) is 6.07 Å². The van der Waals surface area contributed by atoms with Crippen LogP contribution in [0.4, 0.5) is 24.7 Å². The summed E-state index contributed by atoms with van der Waals surface area (Å²) in [5.41, 5.74) is -0.204. The largest absolute Gasteiger partial charge is 0.481 e. The van der Waals surface area contributed by atoms with Gasteiger partial charge in [-0.05, 0) is 36.8 Å². The molecule has 0 amide bonds. The number of fused-ring (bicyclic) bond motifs is 1. The Bertz CT molecular complexity index is 1410. The molecule has 0 radical (unpaired) electrons. The molecule has 0 saturated heterocycles. The molecule has 0 spiro atoms. The molecule has 4 rings (SSSR count). The number of pyridine rings is 1. The number of halogens is 3. The van der Waals surface area contributed by atoms with Crippen molar-refractivity contribution in [2.75, 3.05) is 5.32 Å². The van der Waals surface area contributed by atoms with Crippen LogP contribution in [0.5, 0.6) is 0 Å². The lowest BCUT2D eigenvalue weighted by Crippen LogP contribution is -2.19. The summed E-state index contributed by atoms with van der Waals surface area (Å²) in [6, 6.07) is 5.81. The van der Waals surface area contributed by atoms with E-state index in [4.69, 9.17) is 0 Å². The smallest absolute Gasteiger partial charge is 0.307 e. The van der Waals surface area contributed by atoms with Gasteiger partial charge in [0.05, 0.1) is 17.8 Å². The highest BCUT2D eigenvalue weighted by Gasteiger charge is 2.39. The van der Waals surface area contributed by atoms with Gasteiger partial charge < -0.3 is 10.4 Å². The van der Waals surface area contributed by atoms with E-state index in [0.29, 0.717) is 12.1 Å². The van der Waals surface area contributed by atoms with Crippen molar-refractivity contribution in [1.29, 1.82) is 0 Å². The molecule has 1 aliphatic carbocycles. The van der Waals surface area contributed by atoms with Gasteiger partial charge in [0.15, 0.2) is 0 Å².